The first-order chi connectivity index (χ1) is 10.4. The zero-order valence-electron chi connectivity index (χ0n) is 13.9. The highest BCUT2D eigenvalue weighted by Gasteiger charge is 2.07. The van der Waals surface area contributed by atoms with Crippen LogP contribution in [0.2, 0.25) is 0 Å². The van der Waals surface area contributed by atoms with Crippen LogP contribution in [0.25, 0.3) is 11.1 Å². The summed E-state index contributed by atoms with van der Waals surface area (Å²) in [4.78, 5) is 0. The molecule has 0 saturated carbocycles. The zero-order valence-corrected chi connectivity index (χ0v) is 13.9. The van der Waals surface area contributed by atoms with Crippen LogP contribution in [-0.4, -0.2) is 0 Å². The molecular weight excluding hydrogens is 264 g/mol. The lowest BCUT2D eigenvalue weighted by molar-refractivity contribution is 1.20. The van der Waals surface area contributed by atoms with E-state index in [1.807, 2.05) is 6.92 Å². The van der Waals surface area contributed by atoms with Crippen molar-refractivity contribution >= 4 is 11.1 Å². The first-order valence-electron chi connectivity index (χ1n) is 7.58. The number of aryl methyl sites for hydroxylation is 2. The standard InChI is InChI=1S/C22H24/c1-15(2)22-12-11-21(14-18(22)5)19(6)17(4)13-20-9-7-16(3)8-10-20/h7-12,14H,1,4,6,13H2,2-3,5H3. The molecule has 112 valence electrons. The van der Waals surface area contributed by atoms with Gasteiger partial charge in [0.15, 0.2) is 0 Å². The van der Waals surface area contributed by atoms with Crippen LogP contribution in [0.3, 0.4) is 0 Å². The highest BCUT2D eigenvalue weighted by molar-refractivity contribution is 5.79. The third kappa shape index (κ3) is 3.65. The lowest BCUT2D eigenvalue weighted by atomic mass is 9.92. The van der Waals surface area contributed by atoms with Crippen molar-refractivity contribution in [1.82, 2.24) is 0 Å². The van der Waals surface area contributed by atoms with Gasteiger partial charge in [0, 0.05) is 0 Å². The van der Waals surface area contributed by atoms with Gasteiger partial charge in [0.2, 0.25) is 0 Å². The van der Waals surface area contributed by atoms with Gasteiger partial charge >= 0.3 is 0 Å². The number of benzene rings is 2. The molecule has 0 bridgehead atoms. The normalized spacial score (nSPS) is 10.3. The smallest absolute Gasteiger partial charge is 0.00257 e. The third-order valence-corrected chi connectivity index (χ3v) is 4.00. The second kappa shape index (κ2) is 6.62. The van der Waals surface area contributed by atoms with Crippen LogP contribution in [0.4, 0.5) is 0 Å². The van der Waals surface area contributed by atoms with Crippen molar-refractivity contribution in [1.29, 1.82) is 0 Å². The first-order valence-corrected chi connectivity index (χ1v) is 7.58. The highest BCUT2D eigenvalue weighted by Crippen LogP contribution is 2.26. The maximum atomic E-state index is 4.23. The third-order valence-electron chi connectivity index (χ3n) is 4.00. The average Bonchev–Trinajstić information content (AvgIpc) is 2.48. The second-order valence-corrected chi connectivity index (χ2v) is 6.05. The fourth-order valence-corrected chi connectivity index (χ4v) is 2.59. The molecule has 0 spiro atoms. The van der Waals surface area contributed by atoms with Crippen LogP contribution in [0.15, 0.2) is 67.8 Å². The number of hydrogen-bond donors (Lipinski definition) is 0. The Morgan fingerprint density at radius 3 is 2.09 bits per heavy atom. The van der Waals surface area contributed by atoms with Gasteiger partial charge < -0.3 is 0 Å². The molecule has 2 rings (SSSR count). The van der Waals surface area contributed by atoms with Crippen molar-refractivity contribution in [3.05, 3.63) is 95.6 Å². The molecule has 0 N–H and O–H groups in total. The fourth-order valence-electron chi connectivity index (χ4n) is 2.59. The van der Waals surface area contributed by atoms with Gasteiger partial charge in [-0.15, -0.1) is 0 Å². The van der Waals surface area contributed by atoms with Crippen LogP contribution in [-0.2, 0) is 6.42 Å². The summed E-state index contributed by atoms with van der Waals surface area (Å²) >= 11 is 0. The lowest BCUT2D eigenvalue weighted by Crippen LogP contribution is -1.95. The Morgan fingerprint density at radius 2 is 1.55 bits per heavy atom. The van der Waals surface area contributed by atoms with E-state index in [1.54, 1.807) is 0 Å². The molecule has 0 nitrogen and oxygen atoms in total. The van der Waals surface area contributed by atoms with E-state index in [2.05, 4.69) is 76.0 Å². The monoisotopic (exact) mass is 288 g/mol. The molecule has 0 heterocycles. The minimum Gasteiger partial charge on any atom is -0.0955 e. The molecule has 0 heteroatoms. The number of rotatable bonds is 5. The summed E-state index contributed by atoms with van der Waals surface area (Å²) in [5, 5.41) is 0. The maximum absolute atomic E-state index is 4.23. The summed E-state index contributed by atoms with van der Waals surface area (Å²) in [6.45, 7) is 18.7. The van der Waals surface area contributed by atoms with Crippen LogP contribution in [0.1, 0.15) is 34.7 Å². The Labute approximate surface area is 134 Å². The van der Waals surface area contributed by atoms with Gasteiger partial charge in [0.1, 0.15) is 0 Å². The molecule has 0 aromatic heterocycles. The summed E-state index contributed by atoms with van der Waals surface area (Å²) in [6, 6.07) is 15.0. The Morgan fingerprint density at radius 1 is 0.909 bits per heavy atom. The van der Waals surface area contributed by atoms with Gasteiger partial charge in [0.05, 0.1) is 0 Å². The first kappa shape index (κ1) is 16.0. The molecule has 0 radical (unpaired) electrons. The predicted molar refractivity (Wildman–Crippen MR) is 98.9 cm³/mol. The molecule has 0 amide bonds. The molecule has 2 aromatic rings. The van der Waals surface area contributed by atoms with Gasteiger partial charge in [-0.25, -0.2) is 0 Å². The zero-order chi connectivity index (χ0) is 16.3. The van der Waals surface area contributed by atoms with Crippen molar-refractivity contribution in [3.8, 4) is 0 Å². The quantitative estimate of drug-likeness (QED) is 0.579. The van der Waals surface area contributed by atoms with Gasteiger partial charge in [-0.05, 0) is 60.6 Å². The van der Waals surface area contributed by atoms with E-state index in [1.165, 1.54) is 22.3 Å². The lowest BCUT2D eigenvalue weighted by Gasteiger charge is -2.13. The van der Waals surface area contributed by atoms with Crippen molar-refractivity contribution < 1.29 is 0 Å². The largest absolute Gasteiger partial charge is 0.0955 e. The van der Waals surface area contributed by atoms with Crippen molar-refractivity contribution in [2.75, 3.05) is 0 Å². The molecule has 2 aromatic carbocycles. The molecule has 0 atom stereocenters. The van der Waals surface area contributed by atoms with E-state index in [9.17, 15) is 0 Å². The van der Waals surface area contributed by atoms with E-state index >= 15 is 0 Å². The minimum absolute atomic E-state index is 0.834. The van der Waals surface area contributed by atoms with E-state index in [-0.39, 0.29) is 0 Å². The molecule has 0 saturated heterocycles. The minimum atomic E-state index is 0.834. The molecule has 0 unspecified atom stereocenters. The summed E-state index contributed by atoms with van der Waals surface area (Å²) < 4.78 is 0. The van der Waals surface area contributed by atoms with Gasteiger partial charge in [-0.3, -0.25) is 0 Å². The van der Waals surface area contributed by atoms with Crippen LogP contribution in [0.5, 0.6) is 0 Å². The van der Waals surface area contributed by atoms with Gasteiger partial charge in [-0.1, -0.05) is 73.3 Å². The number of hydrogen-bond acceptors (Lipinski definition) is 0. The Hall–Kier alpha value is -2.34. The average molecular weight is 288 g/mol. The molecular formula is C22H24. The number of allylic oxidation sites excluding steroid dienone is 3. The van der Waals surface area contributed by atoms with Crippen molar-refractivity contribution in [3.63, 3.8) is 0 Å². The van der Waals surface area contributed by atoms with Crippen molar-refractivity contribution in [2.45, 2.75) is 27.2 Å². The highest BCUT2D eigenvalue weighted by atomic mass is 14.1. The Kier molecular flexibility index (Phi) is 4.82. The molecule has 0 aliphatic heterocycles. The van der Waals surface area contributed by atoms with Crippen LogP contribution < -0.4 is 0 Å². The van der Waals surface area contributed by atoms with Gasteiger partial charge in [-0.2, -0.15) is 0 Å². The van der Waals surface area contributed by atoms with E-state index in [0.717, 1.165) is 28.7 Å². The van der Waals surface area contributed by atoms with E-state index in [4.69, 9.17) is 0 Å². The second-order valence-electron chi connectivity index (χ2n) is 6.05. The summed E-state index contributed by atoms with van der Waals surface area (Å²) in [6.07, 6.45) is 0.834. The van der Waals surface area contributed by atoms with Crippen LogP contribution >= 0.6 is 0 Å². The van der Waals surface area contributed by atoms with E-state index in [0.29, 0.717) is 0 Å². The van der Waals surface area contributed by atoms with Gasteiger partial charge in [0.25, 0.3) is 0 Å². The van der Waals surface area contributed by atoms with Crippen molar-refractivity contribution in [2.24, 2.45) is 0 Å². The SMILES string of the molecule is C=C(Cc1ccc(C)cc1)C(=C)c1ccc(C(=C)C)c(C)c1. The van der Waals surface area contributed by atoms with Crippen LogP contribution in [0, 0.1) is 13.8 Å². The molecule has 22 heavy (non-hydrogen) atoms. The molecule has 0 aliphatic carbocycles. The molecule has 0 aliphatic rings. The topological polar surface area (TPSA) is 0 Å². The Bertz CT molecular complexity index is 727. The summed E-state index contributed by atoms with van der Waals surface area (Å²) in [5.74, 6) is 0. The maximum Gasteiger partial charge on any atom is -0.00257 e. The summed E-state index contributed by atoms with van der Waals surface area (Å²) in [5.41, 5.74) is 9.29. The molecule has 0 fully saturated rings. The summed E-state index contributed by atoms with van der Waals surface area (Å²) in [7, 11) is 0. The van der Waals surface area contributed by atoms with E-state index < -0.39 is 0 Å². The predicted octanol–water partition coefficient (Wildman–Crippen LogP) is 6.15. The fraction of sp³-hybridized carbons (Fsp3) is 0.182. The Balaban J connectivity index is 2.17.